The molecule has 3 N–H and O–H groups in total. The Balaban J connectivity index is 2.09. The third-order valence-corrected chi connectivity index (χ3v) is 3.78. The smallest absolute Gasteiger partial charge is 0.223 e. The Morgan fingerprint density at radius 3 is 2.70 bits per heavy atom. The van der Waals surface area contributed by atoms with Crippen molar-refractivity contribution >= 4 is 39.0 Å². The number of nitrogens with zero attached hydrogens (tertiary/aromatic N) is 2. The van der Waals surface area contributed by atoms with Gasteiger partial charge in [-0.2, -0.15) is 4.98 Å². The van der Waals surface area contributed by atoms with Crippen molar-refractivity contribution in [2.45, 2.75) is 13.8 Å². The number of nitrogens with two attached hydrogens (primary N) is 1. The number of hydrogen-bond donors (Lipinski definition) is 2. The number of fused-ring (bicyclic) bond motifs is 1. The van der Waals surface area contributed by atoms with Crippen LogP contribution in [0.15, 0.2) is 24.3 Å². The lowest BCUT2D eigenvalue weighted by atomic mass is 10.2. The Bertz CT molecular complexity index is 777. The van der Waals surface area contributed by atoms with Crippen LogP contribution in [-0.2, 0) is 0 Å². The Labute approximate surface area is 119 Å². The van der Waals surface area contributed by atoms with Crippen molar-refractivity contribution in [1.29, 1.82) is 0 Å². The molecular weight excluding hydrogens is 275 g/mol. The van der Waals surface area contributed by atoms with Crippen molar-refractivity contribution in [3.63, 3.8) is 0 Å². The minimum Gasteiger partial charge on any atom is -0.368 e. The maximum Gasteiger partial charge on any atom is 0.223 e. The molecule has 0 fully saturated rings. The summed E-state index contributed by atoms with van der Waals surface area (Å²) in [6.45, 7) is 3.84. The highest BCUT2D eigenvalue weighted by atomic mass is 32.1. The molecule has 0 bridgehead atoms. The van der Waals surface area contributed by atoms with E-state index >= 15 is 0 Å². The number of thiophene rings is 1. The third kappa shape index (κ3) is 2.42. The second kappa shape index (κ2) is 4.72. The number of halogens is 1. The Morgan fingerprint density at radius 1 is 1.15 bits per heavy atom. The molecule has 1 aromatic carbocycles. The molecular formula is C14H13FN4S. The zero-order valence-electron chi connectivity index (χ0n) is 11.1. The zero-order valence-corrected chi connectivity index (χ0v) is 11.9. The summed E-state index contributed by atoms with van der Waals surface area (Å²) in [5.74, 6) is 0.518. The fourth-order valence-electron chi connectivity index (χ4n) is 2.10. The number of nitrogens with one attached hydrogen (secondary N) is 1. The van der Waals surface area contributed by atoms with E-state index in [0.717, 1.165) is 20.7 Å². The van der Waals surface area contributed by atoms with Crippen LogP contribution in [0.5, 0.6) is 0 Å². The topological polar surface area (TPSA) is 63.8 Å². The average Bonchev–Trinajstić information content (AvgIpc) is 2.68. The lowest BCUT2D eigenvalue weighted by molar-refractivity contribution is 0.627. The van der Waals surface area contributed by atoms with Gasteiger partial charge in [-0.05, 0) is 43.7 Å². The van der Waals surface area contributed by atoms with E-state index in [4.69, 9.17) is 5.73 Å². The Morgan fingerprint density at radius 2 is 1.95 bits per heavy atom. The van der Waals surface area contributed by atoms with Gasteiger partial charge in [-0.1, -0.05) is 0 Å². The molecule has 0 radical (unpaired) electrons. The van der Waals surface area contributed by atoms with E-state index in [0.29, 0.717) is 11.5 Å². The maximum absolute atomic E-state index is 13.4. The predicted molar refractivity (Wildman–Crippen MR) is 81.0 cm³/mol. The summed E-state index contributed by atoms with van der Waals surface area (Å²) in [6, 6.07) is 6.75. The molecule has 3 rings (SSSR count). The van der Waals surface area contributed by atoms with Crippen molar-refractivity contribution in [3.8, 4) is 0 Å². The molecule has 0 aliphatic rings. The molecule has 20 heavy (non-hydrogen) atoms. The fourth-order valence-corrected chi connectivity index (χ4v) is 2.99. The molecule has 4 nitrogen and oxygen atoms in total. The molecule has 6 heteroatoms. The van der Waals surface area contributed by atoms with Gasteiger partial charge in [0, 0.05) is 10.6 Å². The van der Waals surface area contributed by atoms with Crippen LogP contribution in [0.3, 0.4) is 0 Å². The number of hydrogen-bond acceptors (Lipinski definition) is 5. The first-order valence-electron chi connectivity index (χ1n) is 6.09. The van der Waals surface area contributed by atoms with Crippen molar-refractivity contribution in [2.75, 3.05) is 11.1 Å². The van der Waals surface area contributed by atoms with Crippen LogP contribution in [0.2, 0.25) is 0 Å². The first-order valence-corrected chi connectivity index (χ1v) is 6.91. The van der Waals surface area contributed by atoms with Crippen LogP contribution < -0.4 is 11.1 Å². The summed E-state index contributed by atoms with van der Waals surface area (Å²) in [7, 11) is 0. The van der Waals surface area contributed by atoms with Gasteiger partial charge in [-0.3, -0.25) is 0 Å². The van der Waals surface area contributed by atoms with Crippen LogP contribution >= 0.6 is 11.3 Å². The first-order chi connectivity index (χ1) is 9.51. The lowest BCUT2D eigenvalue weighted by Gasteiger charge is -2.08. The van der Waals surface area contributed by atoms with E-state index < -0.39 is 0 Å². The summed E-state index contributed by atoms with van der Waals surface area (Å²) < 4.78 is 13.4. The standard InChI is InChI=1S/C14H13FN4S/c1-7-3-9(15)6-10(4-7)17-12-11-5-8(2)20-13(11)19-14(16)18-12/h3-6H,1-2H3,(H3,16,17,18,19). The number of aromatic nitrogens is 2. The molecule has 0 saturated carbocycles. The number of benzene rings is 1. The first kappa shape index (κ1) is 12.8. The van der Waals surface area contributed by atoms with E-state index in [2.05, 4.69) is 15.3 Å². The van der Waals surface area contributed by atoms with Crippen LogP contribution in [0, 0.1) is 19.7 Å². The summed E-state index contributed by atoms with van der Waals surface area (Å²) in [5, 5.41) is 4.01. The van der Waals surface area contributed by atoms with Gasteiger partial charge < -0.3 is 11.1 Å². The summed E-state index contributed by atoms with van der Waals surface area (Å²) in [4.78, 5) is 10.4. The SMILES string of the molecule is Cc1cc(F)cc(Nc2nc(N)nc3sc(C)cc23)c1. The van der Waals surface area contributed by atoms with Crippen molar-refractivity contribution in [1.82, 2.24) is 9.97 Å². The molecule has 0 spiro atoms. The molecule has 102 valence electrons. The summed E-state index contributed by atoms with van der Waals surface area (Å²) >= 11 is 1.55. The van der Waals surface area contributed by atoms with E-state index in [9.17, 15) is 4.39 Å². The number of rotatable bonds is 2. The van der Waals surface area contributed by atoms with Gasteiger partial charge in [0.15, 0.2) is 0 Å². The highest BCUT2D eigenvalue weighted by molar-refractivity contribution is 7.18. The van der Waals surface area contributed by atoms with Gasteiger partial charge in [-0.15, -0.1) is 11.3 Å². The van der Waals surface area contributed by atoms with Gasteiger partial charge in [0.25, 0.3) is 0 Å². The number of aryl methyl sites for hydroxylation is 2. The van der Waals surface area contributed by atoms with E-state index in [-0.39, 0.29) is 11.8 Å². The fraction of sp³-hybridized carbons (Fsp3) is 0.143. The molecule has 0 aliphatic carbocycles. The monoisotopic (exact) mass is 288 g/mol. The minimum absolute atomic E-state index is 0.204. The van der Waals surface area contributed by atoms with E-state index in [1.807, 2.05) is 26.0 Å². The molecule has 0 unspecified atom stereocenters. The van der Waals surface area contributed by atoms with Gasteiger partial charge >= 0.3 is 0 Å². The summed E-state index contributed by atoms with van der Waals surface area (Å²) in [6.07, 6.45) is 0. The Hall–Kier alpha value is -2.21. The maximum atomic E-state index is 13.4. The van der Waals surface area contributed by atoms with Gasteiger partial charge in [0.05, 0.1) is 5.39 Å². The normalized spacial score (nSPS) is 10.9. The molecule has 0 saturated heterocycles. The molecule has 2 heterocycles. The van der Waals surface area contributed by atoms with Crippen LogP contribution in [-0.4, -0.2) is 9.97 Å². The molecule has 0 aliphatic heterocycles. The largest absolute Gasteiger partial charge is 0.368 e. The quantitative estimate of drug-likeness (QED) is 0.753. The zero-order chi connectivity index (χ0) is 14.3. The molecule has 0 amide bonds. The summed E-state index contributed by atoms with van der Waals surface area (Å²) in [5.41, 5.74) is 7.20. The highest BCUT2D eigenvalue weighted by Gasteiger charge is 2.10. The second-order valence-electron chi connectivity index (χ2n) is 4.65. The molecule has 0 atom stereocenters. The van der Waals surface area contributed by atoms with Crippen molar-refractivity contribution < 1.29 is 4.39 Å². The van der Waals surface area contributed by atoms with Crippen LogP contribution in [0.4, 0.5) is 21.8 Å². The number of nitrogen functional groups attached to an aromatic ring is 1. The van der Waals surface area contributed by atoms with Gasteiger partial charge in [0.2, 0.25) is 5.95 Å². The van der Waals surface area contributed by atoms with Gasteiger partial charge in [-0.25, -0.2) is 9.37 Å². The minimum atomic E-state index is -0.285. The Kier molecular flexibility index (Phi) is 3.02. The second-order valence-corrected chi connectivity index (χ2v) is 5.88. The van der Waals surface area contributed by atoms with Gasteiger partial charge in [0.1, 0.15) is 16.5 Å². The molecule has 3 aromatic rings. The van der Waals surface area contributed by atoms with Crippen molar-refractivity contribution in [2.24, 2.45) is 0 Å². The van der Waals surface area contributed by atoms with Crippen molar-refractivity contribution in [3.05, 3.63) is 40.5 Å². The number of anilines is 3. The highest BCUT2D eigenvalue weighted by Crippen LogP contribution is 2.31. The van der Waals surface area contributed by atoms with E-state index in [1.54, 1.807) is 11.3 Å². The van der Waals surface area contributed by atoms with E-state index in [1.165, 1.54) is 12.1 Å². The third-order valence-electron chi connectivity index (χ3n) is 2.84. The molecule has 2 aromatic heterocycles. The van der Waals surface area contributed by atoms with Crippen LogP contribution in [0.25, 0.3) is 10.2 Å². The predicted octanol–water partition coefficient (Wildman–Crippen LogP) is 3.77. The average molecular weight is 288 g/mol. The lowest BCUT2D eigenvalue weighted by Crippen LogP contribution is -2.00. The van der Waals surface area contributed by atoms with Crippen LogP contribution in [0.1, 0.15) is 10.4 Å².